The zero-order valence-corrected chi connectivity index (χ0v) is 16.9. The number of benzene rings is 2. The summed E-state index contributed by atoms with van der Waals surface area (Å²) in [5, 5.41) is 0. The van der Waals surface area contributed by atoms with E-state index in [-0.39, 0.29) is 18.8 Å². The van der Waals surface area contributed by atoms with Crippen molar-refractivity contribution >= 4 is 17.5 Å². The molecule has 0 aliphatic carbocycles. The third kappa shape index (κ3) is 4.26. The summed E-state index contributed by atoms with van der Waals surface area (Å²) in [6.45, 7) is 3.71. The molecule has 9 heteroatoms. The molecule has 0 aromatic heterocycles. The Morgan fingerprint density at radius 2 is 1.74 bits per heavy atom. The molecule has 1 aliphatic rings. The number of anilines is 1. The van der Waals surface area contributed by atoms with Crippen LogP contribution in [0.1, 0.15) is 30.9 Å². The Hall–Kier alpha value is -2.97. The first kappa shape index (κ1) is 22.7. The molecule has 3 rings (SSSR count). The van der Waals surface area contributed by atoms with Crippen LogP contribution >= 0.6 is 0 Å². The van der Waals surface area contributed by atoms with Crippen molar-refractivity contribution in [1.29, 1.82) is 0 Å². The topological polar surface area (TPSA) is 40.6 Å². The van der Waals surface area contributed by atoms with Crippen LogP contribution in [0.2, 0.25) is 0 Å². The van der Waals surface area contributed by atoms with Crippen molar-refractivity contribution in [3.63, 3.8) is 0 Å². The lowest BCUT2D eigenvalue weighted by Crippen LogP contribution is -2.42. The molecule has 2 unspecified atom stereocenters. The van der Waals surface area contributed by atoms with E-state index in [9.17, 15) is 31.5 Å². The molecule has 0 N–H and O–H groups in total. The molecular weight excluding hydrogens is 419 g/mol. The number of hydrogen-bond acceptors (Lipinski definition) is 2. The molecule has 2 amide bonds. The second-order valence-electron chi connectivity index (χ2n) is 7.24. The molecule has 0 saturated carbocycles. The Kier molecular flexibility index (Phi) is 6.33. The number of nitrogens with zero attached hydrogens (tertiary/aromatic N) is 2. The van der Waals surface area contributed by atoms with Crippen molar-refractivity contribution in [2.45, 2.75) is 25.9 Å². The SMILES string of the molecule is CCN1CC(c2ccc(C(F)(F)F)cc2)C(C(=O)N(CC)c2cccc(F)c2F)C1=O. The van der Waals surface area contributed by atoms with Gasteiger partial charge >= 0.3 is 6.18 Å². The number of rotatable bonds is 5. The largest absolute Gasteiger partial charge is 0.416 e. The van der Waals surface area contributed by atoms with Crippen LogP contribution in [-0.2, 0) is 15.8 Å². The number of carbonyl (C=O) groups excluding carboxylic acids is 2. The molecule has 1 saturated heterocycles. The van der Waals surface area contributed by atoms with E-state index in [1.807, 2.05) is 0 Å². The summed E-state index contributed by atoms with van der Waals surface area (Å²) in [4.78, 5) is 28.7. The number of amides is 2. The average molecular weight is 440 g/mol. The lowest BCUT2D eigenvalue weighted by atomic mass is 9.87. The van der Waals surface area contributed by atoms with Gasteiger partial charge in [0.15, 0.2) is 11.6 Å². The summed E-state index contributed by atoms with van der Waals surface area (Å²) >= 11 is 0. The van der Waals surface area contributed by atoms with Crippen molar-refractivity contribution in [1.82, 2.24) is 4.90 Å². The van der Waals surface area contributed by atoms with Gasteiger partial charge in [-0.15, -0.1) is 0 Å². The second kappa shape index (κ2) is 8.64. The summed E-state index contributed by atoms with van der Waals surface area (Å²) in [6.07, 6.45) is -4.51. The molecule has 1 heterocycles. The number of alkyl halides is 3. The van der Waals surface area contributed by atoms with Gasteiger partial charge in [-0.25, -0.2) is 8.78 Å². The summed E-state index contributed by atoms with van der Waals surface area (Å²) in [7, 11) is 0. The number of hydrogen-bond donors (Lipinski definition) is 0. The van der Waals surface area contributed by atoms with Gasteiger partial charge in [0.05, 0.1) is 11.3 Å². The summed E-state index contributed by atoms with van der Waals surface area (Å²) < 4.78 is 66.7. The molecule has 2 aromatic rings. The number of carbonyl (C=O) groups is 2. The number of likely N-dealkylation sites (tertiary alicyclic amines) is 1. The minimum atomic E-state index is -4.51. The van der Waals surface area contributed by atoms with Gasteiger partial charge in [-0.1, -0.05) is 18.2 Å². The van der Waals surface area contributed by atoms with Gasteiger partial charge in [0.1, 0.15) is 5.92 Å². The first-order valence-corrected chi connectivity index (χ1v) is 9.81. The summed E-state index contributed by atoms with van der Waals surface area (Å²) in [5.74, 6) is -5.52. The highest BCUT2D eigenvalue weighted by atomic mass is 19.4. The molecule has 0 bridgehead atoms. The quantitative estimate of drug-likeness (QED) is 0.504. The zero-order chi connectivity index (χ0) is 22.9. The first-order valence-electron chi connectivity index (χ1n) is 9.81. The maximum absolute atomic E-state index is 14.3. The zero-order valence-electron chi connectivity index (χ0n) is 16.9. The molecule has 4 nitrogen and oxygen atoms in total. The highest BCUT2D eigenvalue weighted by molar-refractivity contribution is 6.09. The van der Waals surface area contributed by atoms with Gasteiger partial charge in [-0.05, 0) is 43.7 Å². The maximum atomic E-state index is 14.3. The average Bonchev–Trinajstić information content (AvgIpc) is 3.07. The van der Waals surface area contributed by atoms with Crippen LogP contribution in [0.25, 0.3) is 0 Å². The Morgan fingerprint density at radius 3 is 2.29 bits per heavy atom. The fraction of sp³-hybridized carbons (Fsp3) is 0.364. The van der Waals surface area contributed by atoms with Crippen molar-refractivity contribution in [2.75, 3.05) is 24.5 Å². The van der Waals surface area contributed by atoms with E-state index in [0.717, 1.165) is 23.1 Å². The predicted octanol–water partition coefficient (Wildman–Crippen LogP) is 4.60. The third-order valence-corrected chi connectivity index (χ3v) is 5.52. The predicted molar refractivity (Wildman–Crippen MR) is 104 cm³/mol. The highest BCUT2D eigenvalue weighted by Crippen LogP contribution is 2.38. The van der Waals surface area contributed by atoms with Gasteiger partial charge in [-0.3, -0.25) is 9.59 Å². The lowest BCUT2D eigenvalue weighted by Gasteiger charge is -2.26. The summed E-state index contributed by atoms with van der Waals surface area (Å²) in [6, 6.07) is 7.72. The van der Waals surface area contributed by atoms with E-state index in [0.29, 0.717) is 12.1 Å². The van der Waals surface area contributed by atoms with Crippen LogP contribution in [0.3, 0.4) is 0 Å². The van der Waals surface area contributed by atoms with Gasteiger partial charge in [0.2, 0.25) is 11.8 Å². The lowest BCUT2D eigenvalue weighted by molar-refractivity contribution is -0.138. The van der Waals surface area contributed by atoms with Crippen LogP contribution in [0.5, 0.6) is 0 Å². The Bertz CT molecular complexity index is 975. The molecule has 31 heavy (non-hydrogen) atoms. The normalized spacial score (nSPS) is 19.1. The van der Waals surface area contributed by atoms with Crippen molar-refractivity contribution in [3.05, 3.63) is 65.2 Å². The summed E-state index contributed by atoms with van der Waals surface area (Å²) in [5.41, 5.74) is -0.736. The minimum absolute atomic E-state index is 0.0190. The fourth-order valence-corrected chi connectivity index (χ4v) is 3.90. The molecule has 1 aliphatic heterocycles. The van der Waals surface area contributed by atoms with E-state index in [1.165, 1.54) is 29.2 Å². The van der Waals surface area contributed by atoms with Crippen molar-refractivity contribution in [2.24, 2.45) is 5.92 Å². The van der Waals surface area contributed by atoms with Gasteiger partial charge in [0.25, 0.3) is 0 Å². The molecule has 2 aromatic carbocycles. The van der Waals surface area contributed by atoms with E-state index in [4.69, 9.17) is 0 Å². The van der Waals surface area contributed by atoms with Gasteiger partial charge in [-0.2, -0.15) is 13.2 Å². The maximum Gasteiger partial charge on any atom is 0.416 e. The molecule has 0 radical (unpaired) electrons. The van der Waals surface area contributed by atoms with Crippen LogP contribution in [0, 0.1) is 17.6 Å². The van der Waals surface area contributed by atoms with E-state index < -0.39 is 47.0 Å². The molecule has 2 atom stereocenters. The van der Waals surface area contributed by atoms with Gasteiger partial charge < -0.3 is 9.80 Å². The van der Waals surface area contributed by atoms with Gasteiger partial charge in [0, 0.05) is 25.6 Å². The minimum Gasteiger partial charge on any atom is -0.342 e. The van der Waals surface area contributed by atoms with Crippen molar-refractivity contribution in [3.8, 4) is 0 Å². The molecular formula is C22H21F5N2O2. The Morgan fingerprint density at radius 1 is 1.10 bits per heavy atom. The van der Waals surface area contributed by atoms with Crippen LogP contribution < -0.4 is 4.90 Å². The molecule has 0 spiro atoms. The smallest absolute Gasteiger partial charge is 0.342 e. The van der Waals surface area contributed by atoms with Crippen LogP contribution in [0.15, 0.2) is 42.5 Å². The monoisotopic (exact) mass is 440 g/mol. The highest BCUT2D eigenvalue weighted by Gasteiger charge is 2.47. The van der Waals surface area contributed by atoms with Crippen LogP contribution in [-0.4, -0.2) is 36.3 Å². The van der Waals surface area contributed by atoms with E-state index in [1.54, 1.807) is 13.8 Å². The van der Waals surface area contributed by atoms with Crippen molar-refractivity contribution < 1.29 is 31.5 Å². The standard InChI is InChI=1S/C22H21F5N2O2/c1-3-28-12-15(13-8-10-14(11-9-13)22(25,26)27)18(20(28)30)21(31)29(4-2)17-7-5-6-16(23)19(17)24/h5-11,15,18H,3-4,12H2,1-2H3. The third-order valence-electron chi connectivity index (χ3n) is 5.52. The van der Waals surface area contributed by atoms with E-state index >= 15 is 0 Å². The second-order valence-corrected chi connectivity index (χ2v) is 7.24. The number of halogens is 5. The van der Waals surface area contributed by atoms with Crippen LogP contribution in [0.4, 0.5) is 27.6 Å². The Labute approximate surface area is 176 Å². The number of likely N-dealkylation sites (N-methyl/N-ethyl adjacent to an activating group) is 1. The molecule has 1 fully saturated rings. The van der Waals surface area contributed by atoms with E-state index in [2.05, 4.69) is 0 Å². The molecule has 166 valence electrons. The fourth-order valence-electron chi connectivity index (χ4n) is 3.90. The first-order chi connectivity index (χ1) is 14.6. The Balaban J connectivity index is 1.99.